The molecule has 78 valence electrons. The molecule has 0 saturated carbocycles. The molecule has 0 radical (unpaired) electrons. The summed E-state index contributed by atoms with van der Waals surface area (Å²) in [6, 6.07) is 3.39. The van der Waals surface area contributed by atoms with Gasteiger partial charge in [-0.25, -0.2) is 0 Å². The number of carbonyl (C=O) groups is 1. The lowest BCUT2D eigenvalue weighted by Crippen LogP contribution is -2.25. The van der Waals surface area contributed by atoms with Crippen LogP contribution in [0.1, 0.15) is 32.4 Å². The molecule has 0 aliphatic rings. The third kappa shape index (κ3) is 2.38. The van der Waals surface area contributed by atoms with Gasteiger partial charge in [0, 0.05) is 0 Å². The summed E-state index contributed by atoms with van der Waals surface area (Å²) in [4.78, 5) is 11.1. The molecule has 1 aromatic rings. The maximum absolute atomic E-state index is 11.1. The Morgan fingerprint density at radius 3 is 2.36 bits per heavy atom. The standard InChI is InChI=1S/C10H13BrO3/c1-10(2,3)8(9(12)13)6-4-5-7(11)14-6/h4-5,8H,1-3H3,(H,12,13). The zero-order chi connectivity index (χ0) is 10.9. The number of halogens is 1. The molecule has 4 heteroatoms. The lowest BCUT2D eigenvalue weighted by Gasteiger charge is -2.24. The van der Waals surface area contributed by atoms with Crippen LogP contribution in [0.5, 0.6) is 0 Å². The molecule has 1 N–H and O–H groups in total. The number of carboxylic acid groups (broad SMARTS) is 1. The second-order valence-corrected chi connectivity index (χ2v) is 5.06. The molecule has 1 heterocycles. The van der Waals surface area contributed by atoms with Crippen molar-refractivity contribution in [3.8, 4) is 0 Å². The van der Waals surface area contributed by atoms with Gasteiger partial charge in [0.1, 0.15) is 11.7 Å². The molecule has 0 fully saturated rings. The van der Waals surface area contributed by atoms with E-state index in [0.29, 0.717) is 10.4 Å². The smallest absolute Gasteiger partial charge is 0.314 e. The van der Waals surface area contributed by atoms with Crippen molar-refractivity contribution in [2.75, 3.05) is 0 Å². The van der Waals surface area contributed by atoms with Crippen molar-refractivity contribution >= 4 is 21.9 Å². The summed E-state index contributed by atoms with van der Waals surface area (Å²) in [5.74, 6) is -0.995. The Hall–Kier alpha value is -0.770. The van der Waals surface area contributed by atoms with E-state index >= 15 is 0 Å². The van der Waals surface area contributed by atoms with E-state index in [1.807, 2.05) is 20.8 Å². The van der Waals surface area contributed by atoms with E-state index in [-0.39, 0.29) is 5.41 Å². The van der Waals surface area contributed by atoms with E-state index in [1.165, 1.54) is 0 Å². The van der Waals surface area contributed by atoms with Crippen molar-refractivity contribution in [1.29, 1.82) is 0 Å². The second kappa shape index (κ2) is 3.77. The molecule has 0 spiro atoms. The van der Waals surface area contributed by atoms with Gasteiger partial charge in [0.2, 0.25) is 0 Å². The Morgan fingerprint density at radius 2 is 2.07 bits per heavy atom. The summed E-state index contributed by atoms with van der Waals surface area (Å²) in [5.41, 5.74) is -0.358. The molecule has 1 rings (SSSR count). The average Bonchev–Trinajstić information content (AvgIpc) is 2.31. The fraction of sp³-hybridized carbons (Fsp3) is 0.500. The zero-order valence-electron chi connectivity index (χ0n) is 8.37. The monoisotopic (exact) mass is 260 g/mol. The summed E-state index contributed by atoms with van der Waals surface area (Å²) in [5, 5.41) is 9.10. The molecular formula is C10H13BrO3. The van der Waals surface area contributed by atoms with Crippen molar-refractivity contribution < 1.29 is 14.3 Å². The molecule has 0 bridgehead atoms. The first-order valence-corrected chi connectivity index (χ1v) is 5.09. The van der Waals surface area contributed by atoms with Crippen molar-refractivity contribution in [1.82, 2.24) is 0 Å². The third-order valence-corrected chi connectivity index (χ3v) is 2.42. The molecule has 0 amide bonds. The highest BCUT2D eigenvalue weighted by atomic mass is 79.9. The van der Waals surface area contributed by atoms with Crippen LogP contribution in [0.4, 0.5) is 0 Å². The van der Waals surface area contributed by atoms with E-state index in [4.69, 9.17) is 9.52 Å². The molecule has 1 atom stereocenters. The SMILES string of the molecule is CC(C)(C)C(C(=O)O)c1ccc(Br)o1. The molecule has 14 heavy (non-hydrogen) atoms. The van der Waals surface area contributed by atoms with Gasteiger partial charge >= 0.3 is 5.97 Å². The molecule has 0 aliphatic heterocycles. The Bertz CT molecular complexity index is 335. The zero-order valence-corrected chi connectivity index (χ0v) is 9.96. The van der Waals surface area contributed by atoms with E-state index in [0.717, 1.165) is 0 Å². The van der Waals surface area contributed by atoms with Gasteiger partial charge in [-0.15, -0.1) is 0 Å². The van der Waals surface area contributed by atoms with Gasteiger partial charge in [0.25, 0.3) is 0 Å². The van der Waals surface area contributed by atoms with Crippen molar-refractivity contribution in [2.24, 2.45) is 5.41 Å². The number of furan rings is 1. The van der Waals surface area contributed by atoms with Gasteiger partial charge < -0.3 is 9.52 Å². The maximum atomic E-state index is 11.1. The van der Waals surface area contributed by atoms with Crippen LogP contribution in [0, 0.1) is 5.41 Å². The third-order valence-electron chi connectivity index (χ3n) is 1.99. The van der Waals surface area contributed by atoms with Crippen molar-refractivity contribution in [3.05, 3.63) is 22.6 Å². The first kappa shape index (κ1) is 11.3. The van der Waals surface area contributed by atoms with Crippen LogP contribution in [0.2, 0.25) is 0 Å². The van der Waals surface area contributed by atoms with Crippen LogP contribution in [0.25, 0.3) is 0 Å². The molecular weight excluding hydrogens is 248 g/mol. The van der Waals surface area contributed by atoms with Crippen LogP contribution in [0.15, 0.2) is 21.2 Å². The van der Waals surface area contributed by atoms with Crippen molar-refractivity contribution in [3.63, 3.8) is 0 Å². The lowest BCUT2D eigenvalue weighted by molar-refractivity contribution is -0.142. The van der Waals surface area contributed by atoms with Crippen LogP contribution in [-0.2, 0) is 4.79 Å². The summed E-state index contributed by atoms with van der Waals surface area (Å²) < 4.78 is 5.83. The van der Waals surface area contributed by atoms with Gasteiger partial charge in [-0.2, -0.15) is 0 Å². The summed E-state index contributed by atoms with van der Waals surface area (Å²) in [7, 11) is 0. The fourth-order valence-corrected chi connectivity index (χ4v) is 1.72. The topological polar surface area (TPSA) is 50.4 Å². The Balaban J connectivity index is 3.07. The number of carboxylic acids is 1. The van der Waals surface area contributed by atoms with Crippen LogP contribution in [-0.4, -0.2) is 11.1 Å². The number of aliphatic carboxylic acids is 1. The van der Waals surface area contributed by atoms with Gasteiger partial charge in [0.15, 0.2) is 4.67 Å². The highest BCUT2D eigenvalue weighted by Crippen LogP contribution is 2.36. The molecule has 0 aromatic carbocycles. The minimum Gasteiger partial charge on any atom is -0.481 e. The minimum atomic E-state index is -0.862. The van der Waals surface area contributed by atoms with E-state index < -0.39 is 11.9 Å². The molecule has 3 nitrogen and oxygen atoms in total. The highest BCUT2D eigenvalue weighted by Gasteiger charge is 2.35. The normalized spacial score (nSPS) is 14.0. The van der Waals surface area contributed by atoms with Gasteiger partial charge in [-0.05, 0) is 33.5 Å². The van der Waals surface area contributed by atoms with Crippen LogP contribution in [0.3, 0.4) is 0 Å². The predicted molar refractivity (Wildman–Crippen MR) is 56.2 cm³/mol. The number of hydrogen-bond acceptors (Lipinski definition) is 2. The second-order valence-electron chi connectivity index (χ2n) is 4.28. The van der Waals surface area contributed by atoms with Gasteiger partial charge in [0.05, 0.1) is 0 Å². The van der Waals surface area contributed by atoms with Crippen LogP contribution >= 0.6 is 15.9 Å². The average molecular weight is 261 g/mol. The Morgan fingerprint density at radius 1 is 1.50 bits per heavy atom. The Kier molecular flexibility index (Phi) is 3.04. The maximum Gasteiger partial charge on any atom is 0.314 e. The highest BCUT2D eigenvalue weighted by molar-refractivity contribution is 9.10. The summed E-state index contributed by atoms with van der Waals surface area (Å²) >= 11 is 3.16. The fourth-order valence-electron chi connectivity index (χ4n) is 1.40. The molecule has 1 aromatic heterocycles. The lowest BCUT2D eigenvalue weighted by atomic mass is 9.79. The number of rotatable bonds is 2. The predicted octanol–water partition coefficient (Wildman–Crippen LogP) is 3.26. The van der Waals surface area contributed by atoms with Gasteiger partial charge in [-0.3, -0.25) is 4.79 Å². The minimum absolute atomic E-state index is 0.358. The van der Waals surface area contributed by atoms with E-state index in [9.17, 15) is 4.79 Å². The van der Waals surface area contributed by atoms with Gasteiger partial charge in [-0.1, -0.05) is 20.8 Å². The quantitative estimate of drug-likeness (QED) is 0.888. The first-order valence-electron chi connectivity index (χ1n) is 4.30. The van der Waals surface area contributed by atoms with Crippen LogP contribution < -0.4 is 0 Å². The molecule has 0 saturated heterocycles. The van der Waals surface area contributed by atoms with Crippen molar-refractivity contribution in [2.45, 2.75) is 26.7 Å². The van der Waals surface area contributed by atoms with E-state index in [1.54, 1.807) is 12.1 Å². The Labute approximate surface area is 91.2 Å². The summed E-state index contributed by atoms with van der Waals surface area (Å²) in [6.07, 6.45) is 0. The first-order chi connectivity index (χ1) is 6.32. The molecule has 1 unspecified atom stereocenters. The molecule has 0 aliphatic carbocycles. The number of hydrogen-bond donors (Lipinski definition) is 1. The summed E-state index contributed by atoms with van der Waals surface area (Å²) in [6.45, 7) is 5.63. The van der Waals surface area contributed by atoms with E-state index in [2.05, 4.69) is 15.9 Å². The largest absolute Gasteiger partial charge is 0.481 e.